The van der Waals surface area contributed by atoms with Crippen LogP contribution in [-0.4, -0.2) is 14.3 Å². The fourth-order valence-electron chi connectivity index (χ4n) is 2.12. The van der Waals surface area contributed by atoms with Crippen molar-refractivity contribution in [1.82, 2.24) is 0 Å². The van der Waals surface area contributed by atoms with Gasteiger partial charge in [-0.1, -0.05) is 32.0 Å². The van der Waals surface area contributed by atoms with Crippen molar-refractivity contribution in [2.45, 2.75) is 24.5 Å². The first kappa shape index (κ1) is 15.5. The van der Waals surface area contributed by atoms with Gasteiger partial charge in [0.25, 0.3) is 0 Å². The highest BCUT2D eigenvalue weighted by Gasteiger charge is 2.30. The number of sulfone groups is 1. The zero-order valence-electron chi connectivity index (χ0n) is 11.5. The highest BCUT2D eigenvalue weighted by atomic mass is 32.2. The van der Waals surface area contributed by atoms with E-state index >= 15 is 0 Å². The van der Waals surface area contributed by atoms with E-state index in [-0.39, 0.29) is 15.5 Å². The van der Waals surface area contributed by atoms with Crippen LogP contribution in [0.3, 0.4) is 0 Å². The standard InChI is InChI=1S/C12H7NO4S2.C2H6/c14-12(13-15)9-5-7-6-19(16,17)10-4-2-1-3-8(10)11(7)18-9;1-2/h1-5H,6H2;1-2H3. The number of rotatable bonds is 1. The van der Waals surface area contributed by atoms with Gasteiger partial charge in [0.05, 0.1) is 15.5 Å². The Bertz CT molecular complexity index is 806. The van der Waals surface area contributed by atoms with E-state index in [0.717, 1.165) is 16.2 Å². The molecular weight excluding hydrogens is 310 g/mol. The number of hydrogen-bond acceptors (Lipinski definition) is 5. The summed E-state index contributed by atoms with van der Waals surface area (Å²) in [5, 5.41) is 2.37. The van der Waals surface area contributed by atoms with Gasteiger partial charge in [0.2, 0.25) is 0 Å². The Hall–Kier alpha value is -1.86. The van der Waals surface area contributed by atoms with E-state index in [2.05, 4.69) is 5.18 Å². The minimum absolute atomic E-state index is 0.151. The van der Waals surface area contributed by atoms with E-state index in [1.807, 2.05) is 13.8 Å². The number of nitrogens with zero attached hydrogens (tertiary/aromatic N) is 1. The van der Waals surface area contributed by atoms with Gasteiger partial charge in [0, 0.05) is 15.6 Å². The lowest BCUT2D eigenvalue weighted by Gasteiger charge is -2.15. The Morgan fingerprint density at radius 2 is 1.90 bits per heavy atom. The van der Waals surface area contributed by atoms with Crippen LogP contribution >= 0.6 is 11.3 Å². The van der Waals surface area contributed by atoms with Gasteiger partial charge < -0.3 is 0 Å². The lowest BCUT2D eigenvalue weighted by Crippen LogP contribution is -2.10. The molecule has 110 valence electrons. The molecule has 0 unspecified atom stereocenters. The molecule has 0 atom stereocenters. The number of carbonyl (C=O) groups is 1. The van der Waals surface area contributed by atoms with Gasteiger partial charge in [-0.25, -0.2) is 8.42 Å². The van der Waals surface area contributed by atoms with E-state index in [0.29, 0.717) is 11.1 Å². The minimum atomic E-state index is -3.39. The minimum Gasteiger partial charge on any atom is -0.262 e. The predicted molar refractivity (Wildman–Crippen MR) is 82.1 cm³/mol. The molecule has 1 amide bonds. The van der Waals surface area contributed by atoms with Crippen LogP contribution in [0, 0.1) is 4.91 Å². The van der Waals surface area contributed by atoms with Crippen LogP contribution < -0.4 is 0 Å². The lowest BCUT2D eigenvalue weighted by atomic mass is 10.1. The third-order valence-corrected chi connectivity index (χ3v) is 5.83. The second kappa shape index (κ2) is 5.87. The molecule has 0 saturated heterocycles. The average Bonchev–Trinajstić information content (AvgIpc) is 2.92. The summed E-state index contributed by atoms with van der Waals surface area (Å²) < 4.78 is 24.2. The summed E-state index contributed by atoms with van der Waals surface area (Å²) in [6.07, 6.45) is 0. The van der Waals surface area contributed by atoms with Crippen LogP contribution in [0.25, 0.3) is 10.4 Å². The number of carbonyl (C=O) groups excluding carboxylic acids is 1. The first-order valence-corrected chi connectivity index (χ1v) is 8.82. The van der Waals surface area contributed by atoms with Crippen LogP contribution in [0.2, 0.25) is 0 Å². The zero-order valence-corrected chi connectivity index (χ0v) is 13.1. The lowest BCUT2D eigenvalue weighted by molar-refractivity contribution is 0.100. The first-order valence-electron chi connectivity index (χ1n) is 6.35. The summed E-state index contributed by atoms with van der Waals surface area (Å²) in [6.45, 7) is 4.00. The topological polar surface area (TPSA) is 80.6 Å². The van der Waals surface area contributed by atoms with Crippen molar-refractivity contribution < 1.29 is 13.2 Å². The smallest absolute Gasteiger partial charge is 0.262 e. The summed E-state index contributed by atoms with van der Waals surface area (Å²) in [5.41, 5.74) is 1.13. The quantitative estimate of drug-likeness (QED) is 0.750. The molecule has 2 aromatic rings. The van der Waals surface area contributed by atoms with Gasteiger partial charge in [0.1, 0.15) is 0 Å². The van der Waals surface area contributed by atoms with Crippen LogP contribution in [0.5, 0.6) is 0 Å². The summed E-state index contributed by atoms with van der Waals surface area (Å²) in [6, 6.07) is 8.09. The normalized spacial score (nSPS) is 14.2. The van der Waals surface area contributed by atoms with Crippen molar-refractivity contribution in [2.75, 3.05) is 0 Å². The van der Waals surface area contributed by atoms with Gasteiger partial charge in [-0.15, -0.1) is 16.2 Å². The number of nitroso groups, excluding NO2 is 1. The first-order chi connectivity index (χ1) is 10.0. The van der Waals surface area contributed by atoms with Crippen LogP contribution in [0.15, 0.2) is 40.4 Å². The average molecular weight is 323 g/mol. The van der Waals surface area contributed by atoms with Gasteiger partial charge >= 0.3 is 5.91 Å². The summed E-state index contributed by atoms with van der Waals surface area (Å²) in [5.74, 6) is -1.02. The van der Waals surface area contributed by atoms with Crippen molar-refractivity contribution in [3.05, 3.63) is 45.7 Å². The Balaban J connectivity index is 0.000000774. The summed E-state index contributed by atoms with van der Waals surface area (Å²) >= 11 is 1.10. The molecule has 1 aliphatic heterocycles. The van der Waals surface area contributed by atoms with Crippen LogP contribution in [0.4, 0.5) is 0 Å². The highest BCUT2D eigenvalue weighted by molar-refractivity contribution is 7.91. The summed E-state index contributed by atoms with van der Waals surface area (Å²) in [4.78, 5) is 22.7. The van der Waals surface area contributed by atoms with Gasteiger partial charge in [-0.05, 0) is 17.7 Å². The van der Waals surface area contributed by atoms with E-state index < -0.39 is 15.7 Å². The molecule has 2 heterocycles. The number of amides is 1. The van der Waals surface area contributed by atoms with E-state index in [1.54, 1.807) is 24.3 Å². The fourth-order valence-corrected chi connectivity index (χ4v) is 4.96. The molecule has 21 heavy (non-hydrogen) atoms. The van der Waals surface area contributed by atoms with E-state index in [4.69, 9.17) is 0 Å². The third-order valence-electron chi connectivity index (χ3n) is 2.91. The second-order valence-electron chi connectivity index (χ2n) is 4.12. The molecule has 0 fully saturated rings. The second-order valence-corrected chi connectivity index (χ2v) is 7.13. The van der Waals surface area contributed by atoms with Crippen LogP contribution in [0.1, 0.15) is 29.1 Å². The molecule has 0 radical (unpaired) electrons. The fraction of sp³-hybridized carbons (Fsp3) is 0.214. The van der Waals surface area contributed by atoms with Crippen molar-refractivity contribution in [2.24, 2.45) is 5.18 Å². The third kappa shape index (κ3) is 2.66. The predicted octanol–water partition coefficient (Wildman–Crippen LogP) is 3.64. The number of fused-ring (bicyclic) bond motifs is 3. The maximum atomic E-state index is 12.1. The van der Waals surface area contributed by atoms with E-state index in [9.17, 15) is 18.1 Å². The molecular formula is C14H13NO4S2. The Labute approximate surface area is 126 Å². The number of benzene rings is 1. The Morgan fingerprint density at radius 3 is 2.57 bits per heavy atom. The number of thiophene rings is 1. The maximum Gasteiger partial charge on any atom is 0.326 e. The van der Waals surface area contributed by atoms with Crippen molar-refractivity contribution in [3.8, 4) is 10.4 Å². The molecule has 7 heteroatoms. The molecule has 0 saturated carbocycles. The van der Waals surface area contributed by atoms with Gasteiger partial charge in [-0.2, -0.15) is 0 Å². The molecule has 0 spiro atoms. The van der Waals surface area contributed by atoms with Crippen molar-refractivity contribution >= 4 is 27.1 Å². The SMILES string of the molecule is CC.O=NC(=O)c1cc2c(s1)-c1ccccc1S(=O)(=O)C2. The maximum absolute atomic E-state index is 12.1. The Kier molecular flexibility index (Phi) is 4.34. The molecule has 0 bridgehead atoms. The molecule has 0 aliphatic carbocycles. The van der Waals surface area contributed by atoms with Gasteiger partial charge in [-0.3, -0.25) is 4.79 Å². The van der Waals surface area contributed by atoms with Crippen molar-refractivity contribution in [3.63, 3.8) is 0 Å². The van der Waals surface area contributed by atoms with E-state index in [1.165, 1.54) is 6.07 Å². The van der Waals surface area contributed by atoms with Gasteiger partial charge in [0.15, 0.2) is 9.84 Å². The molecule has 1 aliphatic rings. The van der Waals surface area contributed by atoms with Crippen LogP contribution in [-0.2, 0) is 15.6 Å². The van der Waals surface area contributed by atoms with Crippen molar-refractivity contribution in [1.29, 1.82) is 0 Å². The molecule has 3 rings (SSSR count). The largest absolute Gasteiger partial charge is 0.326 e. The monoisotopic (exact) mass is 323 g/mol. The molecule has 1 aromatic carbocycles. The highest BCUT2D eigenvalue weighted by Crippen LogP contribution is 2.42. The molecule has 1 aromatic heterocycles. The molecule has 5 nitrogen and oxygen atoms in total. The number of hydrogen-bond donors (Lipinski definition) is 0. The summed E-state index contributed by atoms with van der Waals surface area (Å²) in [7, 11) is -3.39. The zero-order chi connectivity index (χ0) is 15.6. The molecule has 0 N–H and O–H groups in total. The Morgan fingerprint density at radius 1 is 1.24 bits per heavy atom.